The summed E-state index contributed by atoms with van der Waals surface area (Å²) in [5.41, 5.74) is 2.63. The van der Waals surface area contributed by atoms with E-state index in [1.807, 2.05) is 0 Å². The molecule has 0 saturated heterocycles. The highest BCUT2D eigenvalue weighted by molar-refractivity contribution is 6.79. The molecule has 0 spiro atoms. The van der Waals surface area contributed by atoms with Crippen molar-refractivity contribution in [2.24, 2.45) is 0 Å². The number of benzene rings is 1. The van der Waals surface area contributed by atoms with Crippen LogP contribution >= 0.6 is 0 Å². The van der Waals surface area contributed by atoms with E-state index < -0.39 is 0 Å². The summed E-state index contributed by atoms with van der Waals surface area (Å²) in [6.07, 6.45) is 16.2. The molecule has 2 heteroatoms. The van der Waals surface area contributed by atoms with Crippen LogP contribution in [0.4, 0.5) is 0 Å². The average Bonchev–Trinajstić information content (AvgIpc) is 2.84. The quantitative estimate of drug-likeness (QED) is 0.731. The second-order valence-electron chi connectivity index (χ2n) is 4.68. The highest BCUT2D eigenvalue weighted by Crippen LogP contribution is 2.11. The molecule has 0 bridgehead atoms. The predicted octanol–water partition coefficient (Wildman–Crippen LogP) is 3.22. The first-order valence-corrected chi connectivity index (χ1v) is 6.66. The van der Waals surface area contributed by atoms with E-state index in [9.17, 15) is 0 Å². The van der Waals surface area contributed by atoms with Crippen molar-refractivity contribution in [3.05, 3.63) is 90.7 Å². The minimum Gasteiger partial charge on any atom is -0.389 e. The molecule has 0 amide bonds. The van der Waals surface area contributed by atoms with Crippen molar-refractivity contribution in [1.82, 2.24) is 4.48 Å². The predicted molar refractivity (Wildman–Crippen MR) is 82.6 cm³/mol. The Bertz CT molecular complexity index is 606. The molecular formula is C17H16BN. The molecule has 1 aliphatic carbocycles. The highest BCUT2D eigenvalue weighted by atomic mass is 14.9. The zero-order chi connectivity index (χ0) is 12.9. The largest absolute Gasteiger partial charge is 0.389 e. The summed E-state index contributed by atoms with van der Waals surface area (Å²) in [6.45, 7) is 0.246. The topological polar surface area (TPSA) is 4.93 Å². The van der Waals surface area contributed by atoms with Crippen molar-refractivity contribution >= 4 is 12.3 Å². The summed E-state index contributed by atoms with van der Waals surface area (Å²) in [4.78, 5) is 0. The lowest BCUT2D eigenvalue weighted by Gasteiger charge is -2.16. The minimum atomic E-state index is 0.246. The van der Waals surface area contributed by atoms with E-state index in [2.05, 4.69) is 89.7 Å². The zero-order valence-electron chi connectivity index (χ0n) is 10.8. The van der Waals surface area contributed by atoms with E-state index in [4.69, 9.17) is 0 Å². The van der Waals surface area contributed by atoms with Gasteiger partial charge in [0.05, 0.1) is 0 Å². The SMILES string of the molecule is C1=CCC=CC(B(c2ccccc2)n2cccc2)=C1. The molecule has 0 atom stereocenters. The first-order chi connectivity index (χ1) is 9.45. The van der Waals surface area contributed by atoms with Crippen molar-refractivity contribution in [3.8, 4) is 0 Å². The zero-order valence-corrected chi connectivity index (χ0v) is 10.8. The fourth-order valence-corrected chi connectivity index (χ4v) is 2.47. The lowest BCUT2D eigenvalue weighted by Crippen LogP contribution is -2.39. The summed E-state index contributed by atoms with van der Waals surface area (Å²) in [5.74, 6) is 0. The molecule has 19 heavy (non-hydrogen) atoms. The van der Waals surface area contributed by atoms with E-state index in [0.717, 1.165) is 6.42 Å². The van der Waals surface area contributed by atoms with Crippen molar-refractivity contribution < 1.29 is 0 Å². The van der Waals surface area contributed by atoms with Gasteiger partial charge in [-0.05, 0) is 30.9 Å². The van der Waals surface area contributed by atoms with E-state index in [1.54, 1.807) is 0 Å². The van der Waals surface area contributed by atoms with E-state index in [0.29, 0.717) is 0 Å². The molecule has 0 fully saturated rings. The van der Waals surface area contributed by atoms with Gasteiger partial charge in [-0.2, -0.15) is 0 Å². The molecule has 0 radical (unpaired) electrons. The minimum absolute atomic E-state index is 0.246. The van der Waals surface area contributed by atoms with Gasteiger partial charge in [0, 0.05) is 0 Å². The van der Waals surface area contributed by atoms with Crippen LogP contribution in [0.1, 0.15) is 6.42 Å². The van der Waals surface area contributed by atoms with Gasteiger partial charge >= 0.3 is 6.85 Å². The van der Waals surface area contributed by atoms with Gasteiger partial charge in [-0.1, -0.05) is 71.6 Å². The Morgan fingerprint density at radius 1 is 0.895 bits per heavy atom. The molecular weight excluding hydrogens is 229 g/mol. The molecule has 92 valence electrons. The summed E-state index contributed by atoms with van der Waals surface area (Å²) in [6, 6.07) is 14.8. The standard InChI is InChI=1S/C17H16BN/c1-2-5-11-16(10-4-1)18(19-14-8-9-15-19)17-12-6-3-7-13-17/h1,3-15H,2H2. The van der Waals surface area contributed by atoms with E-state index in [-0.39, 0.29) is 6.85 Å². The number of hydrogen-bond acceptors (Lipinski definition) is 0. The molecule has 1 aromatic carbocycles. The van der Waals surface area contributed by atoms with Gasteiger partial charge in [0.2, 0.25) is 0 Å². The maximum absolute atomic E-state index is 2.25. The maximum atomic E-state index is 2.25. The Labute approximate surface area is 114 Å². The van der Waals surface area contributed by atoms with Crippen molar-refractivity contribution in [2.45, 2.75) is 6.42 Å². The van der Waals surface area contributed by atoms with Crippen LogP contribution in [0.2, 0.25) is 0 Å². The Morgan fingerprint density at radius 2 is 1.68 bits per heavy atom. The number of rotatable bonds is 3. The fourth-order valence-electron chi connectivity index (χ4n) is 2.47. The Balaban J connectivity index is 2.07. The first-order valence-electron chi connectivity index (χ1n) is 6.66. The number of allylic oxidation sites excluding steroid dienone is 6. The van der Waals surface area contributed by atoms with Crippen LogP contribution in [-0.4, -0.2) is 11.3 Å². The Hall–Kier alpha value is -2.22. The number of nitrogens with zero attached hydrogens (tertiary/aromatic N) is 1. The molecule has 3 rings (SSSR count). The van der Waals surface area contributed by atoms with Crippen LogP contribution < -0.4 is 5.46 Å². The molecule has 1 nitrogen and oxygen atoms in total. The molecule has 1 aromatic heterocycles. The van der Waals surface area contributed by atoms with Crippen LogP contribution in [0.5, 0.6) is 0 Å². The normalized spacial score (nSPS) is 14.0. The monoisotopic (exact) mass is 245 g/mol. The van der Waals surface area contributed by atoms with Gasteiger partial charge in [-0.25, -0.2) is 0 Å². The summed E-state index contributed by atoms with van der Waals surface area (Å²) in [7, 11) is 0. The van der Waals surface area contributed by atoms with Gasteiger partial charge in [-0.15, -0.1) is 0 Å². The van der Waals surface area contributed by atoms with Crippen LogP contribution in [-0.2, 0) is 0 Å². The molecule has 0 aliphatic heterocycles. The highest BCUT2D eigenvalue weighted by Gasteiger charge is 2.21. The lowest BCUT2D eigenvalue weighted by atomic mass is 9.49. The fraction of sp³-hybridized carbons (Fsp3) is 0.0588. The van der Waals surface area contributed by atoms with Crippen molar-refractivity contribution in [1.29, 1.82) is 0 Å². The molecule has 1 aliphatic rings. The smallest absolute Gasteiger partial charge is 0.327 e. The summed E-state index contributed by atoms with van der Waals surface area (Å²) >= 11 is 0. The van der Waals surface area contributed by atoms with Crippen LogP contribution in [0, 0.1) is 0 Å². The maximum Gasteiger partial charge on any atom is 0.327 e. The molecule has 0 N–H and O–H groups in total. The first kappa shape index (κ1) is 11.9. The third-order valence-corrected chi connectivity index (χ3v) is 3.36. The molecule has 2 aromatic rings. The molecule has 1 heterocycles. The Kier molecular flexibility index (Phi) is 3.50. The van der Waals surface area contributed by atoms with Crippen LogP contribution in [0.25, 0.3) is 0 Å². The molecule has 0 saturated carbocycles. The van der Waals surface area contributed by atoms with Gasteiger partial charge in [0.1, 0.15) is 0 Å². The van der Waals surface area contributed by atoms with E-state index in [1.165, 1.54) is 10.9 Å². The molecule has 0 unspecified atom stereocenters. The van der Waals surface area contributed by atoms with Crippen molar-refractivity contribution in [3.63, 3.8) is 0 Å². The second kappa shape index (κ2) is 5.62. The Morgan fingerprint density at radius 3 is 2.47 bits per heavy atom. The van der Waals surface area contributed by atoms with Gasteiger partial charge < -0.3 is 4.48 Å². The summed E-state index contributed by atoms with van der Waals surface area (Å²) < 4.78 is 2.25. The van der Waals surface area contributed by atoms with Crippen molar-refractivity contribution in [2.75, 3.05) is 0 Å². The van der Waals surface area contributed by atoms with Gasteiger partial charge in [-0.3, -0.25) is 0 Å². The third kappa shape index (κ3) is 2.63. The second-order valence-corrected chi connectivity index (χ2v) is 4.68. The third-order valence-electron chi connectivity index (χ3n) is 3.36. The number of hydrogen-bond donors (Lipinski definition) is 0. The van der Waals surface area contributed by atoms with Gasteiger partial charge in [0.25, 0.3) is 0 Å². The summed E-state index contributed by atoms with van der Waals surface area (Å²) in [5, 5.41) is 0. The van der Waals surface area contributed by atoms with E-state index >= 15 is 0 Å². The lowest BCUT2D eigenvalue weighted by molar-refractivity contribution is 1.21. The average molecular weight is 245 g/mol. The van der Waals surface area contributed by atoms with Gasteiger partial charge in [0.15, 0.2) is 0 Å². The number of aromatic nitrogens is 1. The van der Waals surface area contributed by atoms with Crippen LogP contribution in [0.15, 0.2) is 90.7 Å². The van der Waals surface area contributed by atoms with Crippen LogP contribution in [0.3, 0.4) is 0 Å².